The molecule has 0 aliphatic heterocycles. The summed E-state index contributed by atoms with van der Waals surface area (Å²) in [6.07, 6.45) is 3.38. The second-order valence-corrected chi connectivity index (χ2v) is 6.82. The minimum Gasteiger partial charge on any atom is -0.325 e. The first kappa shape index (κ1) is 19.5. The number of benzene rings is 1. The van der Waals surface area contributed by atoms with Crippen LogP contribution in [0.15, 0.2) is 47.9 Å². The number of nitro groups is 1. The smallest absolute Gasteiger partial charge is 0.269 e. The van der Waals surface area contributed by atoms with Crippen molar-refractivity contribution < 1.29 is 9.72 Å². The molecule has 0 saturated heterocycles. The van der Waals surface area contributed by atoms with Crippen LogP contribution in [0.2, 0.25) is 0 Å². The number of carbonyl (C=O) groups excluding carboxylic acids is 1. The zero-order valence-electron chi connectivity index (χ0n) is 15.3. The first-order chi connectivity index (χ1) is 13.5. The van der Waals surface area contributed by atoms with Crippen molar-refractivity contribution in [2.75, 3.05) is 11.1 Å². The summed E-state index contributed by atoms with van der Waals surface area (Å²) in [5.41, 5.74) is 2.07. The summed E-state index contributed by atoms with van der Waals surface area (Å²) >= 11 is 1.28. The van der Waals surface area contributed by atoms with E-state index in [2.05, 4.69) is 20.5 Å². The van der Waals surface area contributed by atoms with Gasteiger partial charge in [0.2, 0.25) is 5.91 Å². The zero-order chi connectivity index (χ0) is 20.1. The van der Waals surface area contributed by atoms with Gasteiger partial charge in [-0.3, -0.25) is 19.9 Å². The Morgan fingerprint density at radius 3 is 2.64 bits per heavy atom. The SMILES string of the molecule is CCn1c(SCC(=O)Nc2ccc([N+](=O)[O-])cc2C)nnc1-c1ccncc1. The number of nitro benzene ring substituents is 1. The Balaban J connectivity index is 1.67. The number of pyridine rings is 1. The molecule has 3 aromatic rings. The van der Waals surface area contributed by atoms with Crippen LogP contribution in [-0.2, 0) is 11.3 Å². The maximum atomic E-state index is 12.3. The molecule has 3 rings (SSSR count). The lowest BCUT2D eigenvalue weighted by Crippen LogP contribution is -2.15. The lowest BCUT2D eigenvalue weighted by Gasteiger charge is -2.09. The van der Waals surface area contributed by atoms with Gasteiger partial charge in [-0.15, -0.1) is 10.2 Å². The molecule has 28 heavy (non-hydrogen) atoms. The molecule has 144 valence electrons. The average molecular weight is 398 g/mol. The van der Waals surface area contributed by atoms with Gasteiger partial charge < -0.3 is 9.88 Å². The topological polar surface area (TPSA) is 116 Å². The Hall–Kier alpha value is -3.27. The number of hydrogen-bond donors (Lipinski definition) is 1. The second kappa shape index (κ2) is 8.61. The van der Waals surface area contributed by atoms with E-state index in [1.165, 1.54) is 30.0 Å². The number of nitrogens with zero attached hydrogens (tertiary/aromatic N) is 5. The minimum absolute atomic E-state index is 0.00966. The fourth-order valence-corrected chi connectivity index (χ4v) is 3.42. The predicted molar refractivity (Wildman–Crippen MR) is 106 cm³/mol. The van der Waals surface area contributed by atoms with Gasteiger partial charge in [-0.2, -0.15) is 0 Å². The van der Waals surface area contributed by atoms with Crippen molar-refractivity contribution in [2.45, 2.75) is 25.5 Å². The summed E-state index contributed by atoms with van der Waals surface area (Å²) in [6, 6.07) is 8.04. The number of aromatic nitrogens is 4. The number of rotatable bonds is 7. The van der Waals surface area contributed by atoms with E-state index in [-0.39, 0.29) is 17.3 Å². The lowest BCUT2D eigenvalue weighted by atomic mass is 10.2. The van der Waals surface area contributed by atoms with Gasteiger partial charge in [-0.1, -0.05) is 11.8 Å². The molecule has 0 saturated carbocycles. The predicted octanol–water partition coefficient (Wildman–Crippen LogP) is 3.31. The number of anilines is 1. The van der Waals surface area contributed by atoms with E-state index in [0.29, 0.717) is 23.0 Å². The third kappa shape index (κ3) is 4.34. The molecule has 2 aromatic heterocycles. The fourth-order valence-electron chi connectivity index (χ4n) is 2.61. The Morgan fingerprint density at radius 2 is 2.00 bits per heavy atom. The van der Waals surface area contributed by atoms with E-state index in [0.717, 1.165) is 11.4 Å². The van der Waals surface area contributed by atoms with Crippen LogP contribution in [-0.4, -0.2) is 36.3 Å². The largest absolute Gasteiger partial charge is 0.325 e. The number of non-ortho nitro benzene ring substituents is 1. The summed E-state index contributed by atoms with van der Waals surface area (Å²) in [5, 5.41) is 22.6. The van der Waals surface area contributed by atoms with E-state index in [4.69, 9.17) is 0 Å². The van der Waals surface area contributed by atoms with Gasteiger partial charge in [-0.25, -0.2) is 0 Å². The summed E-state index contributed by atoms with van der Waals surface area (Å²) in [6.45, 7) is 4.36. The highest BCUT2D eigenvalue weighted by atomic mass is 32.2. The summed E-state index contributed by atoms with van der Waals surface area (Å²) in [4.78, 5) is 26.6. The highest BCUT2D eigenvalue weighted by molar-refractivity contribution is 7.99. The average Bonchev–Trinajstić information content (AvgIpc) is 3.11. The highest BCUT2D eigenvalue weighted by Crippen LogP contribution is 2.25. The van der Waals surface area contributed by atoms with Crippen LogP contribution in [0.1, 0.15) is 12.5 Å². The molecule has 0 aliphatic rings. The molecule has 2 heterocycles. The van der Waals surface area contributed by atoms with E-state index >= 15 is 0 Å². The zero-order valence-corrected chi connectivity index (χ0v) is 16.1. The van der Waals surface area contributed by atoms with Crippen molar-refractivity contribution in [1.82, 2.24) is 19.7 Å². The Labute approximate surface area is 165 Å². The van der Waals surface area contributed by atoms with Crippen LogP contribution in [0.4, 0.5) is 11.4 Å². The first-order valence-corrected chi connectivity index (χ1v) is 9.49. The molecule has 1 N–H and O–H groups in total. The van der Waals surface area contributed by atoms with Gasteiger partial charge in [0.1, 0.15) is 0 Å². The molecular weight excluding hydrogens is 380 g/mol. The van der Waals surface area contributed by atoms with Crippen molar-refractivity contribution in [3.05, 3.63) is 58.4 Å². The van der Waals surface area contributed by atoms with Crippen LogP contribution >= 0.6 is 11.8 Å². The maximum absolute atomic E-state index is 12.3. The molecule has 0 atom stereocenters. The summed E-state index contributed by atoms with van der Waals surface area (Å²) in [5.74, 6) is 0.641. The van der Waals surface area contributed by atoms with E-state index in [1.54, 1.807) is 19.3 Å². The molecule has 9 nitrogen and oxygen atoms in total. The van der Waals surface area contributed by atoms with Gasteiger partial charge in [-0.05, 0) is 37.6 Å². The monoisotopic (exact) mass is 398 g/mol. The molecule has 1 aromatic carbocycles. The molecule has 0 aliphatic carbocycles. The molecule has 1 amide bonds. The van der Waals surface area contributed by atoms with Crippen molar-refractivity contribution >= 4 is 29.0 Å². The molecule has 0 fully saturated rings. The van der Waals surface area contributed by atoms with Crippen LogP contribution in [0.5, 0.6) is 0 Å². The maximum Gasteiger partial charge on any atom is 0.269 e. The van der Waals surface area contributed by atoms with Gasteiger partial charge in [0.25, 0.3) is 5.69 Å². The highest BCUT2D eigenvalue weighted by Gasteiger charge is 2.15. The Morgan fingerprint density at radius 1 is 1.25 bits per heavy atom. The lowest BCUT2D eigenvalue weighted by molar-refractivity contribution is -0.384. The quantitative estimate of drug-likeness (QED) is 0.369. The van der Waals surface area contributed by atoms with Crippen molar-refractivity contribution in [1.29, 1.82) is 0 Å². The number of nitrogens with one attached hydrogen (secondary N) is 1. The van der Waals surface area contributed by atoms with Crippen LogP contribution in [0.25, 0.3) is 11.4 Å². The first-order valence-electron chi connectivity index (χ1n) is 8.51. The van der Waals surface area contributed by atoms with E-state index in [1.807, 2.05) is 23.6 Å². The van der Waals surface area contributed by atoms with Crippen molar-refractivity contribution in [3.8, 4) is 11.4 Å². The molecule has 0 spiro atoms. The van der Waals surface area contributed by atoms with Crippen molar-refractivity contribution in [3.63, 3.8) is 0 Å². The number of aryl methyl sites for hydroxylation is 1. The van der Waals surface area contributed by atoms with Crippen LogP contribution in [0.3, 0.4) is 0 Å². The van der Waals surface area contributed by atoms with Crippen LogP contribution in [0, 0.1) is 17.0 Å². The molecular formula is C18H18N6O3S. The number of carbonyl (C=O) groups is 1. The summed E-state index contributed by atoms with van der Waals surface area (Å²) in [7, 11) is 0. The second-order valence-electron chi connectivity index (χ2n) is 5.88. The number of amides is 1. The Bertz CT molecular complexity index is 1010. The van der Waals surface area contributed by atoms with Crippen molar-refractivity contribution in [2.24, 2.45) is 0 Å². The molecule has 0 bridgehead atoms. The number of hydrogen-bond acceptors (Lipinski definition) is 7. The summed E-state index contributed by atoms with van der Waals surface area (Å²) < 4.78 is 1.93. The van der Waals surface area contributed by atoms with Gasteiger partial charge in [0.15, 0.2) is 11.0 Å². The third-order valence-electron chi connectivity index (χ3n) is 4.00. The molecule has 0 radical (unpaired) electrons. The third-order valence-corrected chi connectivity index (χ3v) is 4.97. The minimum atomic E-state index is -0.466. The standard InChI is InChI=1S/C18H18N6O3S/c1-3-23-17(13-6-8-19-9-7-13)21-22-18(23)28-11-16(25)20-15-5-4-14(24(26)27)10-12(15)2/h4-10H,3,11H2,1-2H3,(H,20,25). The molecule has 0 unspecified atom stereocenters. The normalized spacial score (nSPS) is 10.6. The van der Waals surface area contributed by atoms with E-state index < -0.39 is 4.92 Å². The van der Waals surface area contributed by atoms with Crippen LogP contribution < -0.4 is 5.32 Å². The van der Waals surface area contributed by atoms with E-state index in [9.17, 15) is 14.9 Å². The Kier molecular flexibility index (Phi) is 5.99. The van der Waals surface area contributed by atoms with Gasteiger partial charge in [0, 0.05) is 42.3 Å². The van der Waals surface area contributed by atoms with Gasteiger partial charge in [0.05, 0.1) is 10.7 Å². The fraction of sp³-hybridized carbons (Fsp3) is 0.222. The number of thioether (sulfide) groups is 1. The molecule has 10 heteroatoms. The van der Waals surface area contributed by atoms with Gasteiger partial charge >= 0.3 is 0 Å².